The SMILES string of the molecule is CC1(COc2ncccc2Cl)COC1. The Morgan fingerprint density at radius 1 is 1.64 bits per heavy atom. The smallest absolute Gasteiger partial charge is 0.232 e. The Hall–Kier alpha value is -0.800. The summed E-state index contributed by atoms with van der Waals surface area (Å²) < 4.78 is 10.6. The van der Waals surface area contributed by atoms with Crippen molar-refractivity contribution in [3.05, 3.63) is 23.4 Å². The van der Waals surface area contributed by atoms with E-state index < -0.39 is 0 Å². The van der Waals surface area contributed by atoms with Crippen molar-refractivity contribution < 1.29 is 9.47 Å². The van der Waals surface area contributed by atoms with Gasteiger partial charge in [0, 0.05) is 11.6 Å². The van der Waals surface area contributed by atoms with Gasteiger partial charge in [-0.3, -0.25) is 0 Å². The molecule has 0 N–H and O–H groups in total. The maximum atomic E-state index is 5.90. The second kappa shape index (κ2) is 3.75. The second-order valence-electron chi connectivity index (χ2n) is 3.88. The van der Waals surface area contributed by atoms with Gasteiger partial charge in [0.1, 0.15) is 5.02 Å². The number of hydrogen-bond acceptors (Lipinski definition) is 3. The van der Waals surface area contributed by atoms with E-state index in [0.29, 0.717) is 17.5 Å². The summed E-state index contributed by atoms with van der Waals surface area (Å²) in [4.78, 5) is 4.04. The van der Waals surface area contributed by atoms with Crippen LogP contribution in [-0.2, 0) is 4.74 Å². The molecule has 0 aromatic carbocycles. The molecule has 1 aromatic heterocycles. The molecule has 3 nitrogen and oxygen atoms in total. The lowest BCUT2D eigenvalue weighted by molar-refractivity contribution is -0.120. The minimum absolute atomic E-state index is 0.126. The highest BCUT2D eigenvalue weighted by Gasteiger charge is 2.34. The van der Waals surface area contributed by atoms with Gasteiger partial charge in [0.2, 0.25) is 5.88 Å². The van der Waals surface area contributed by atoms with Gasteiger partial charge in [-0.2, -0.15) is 0 Å². The first-order valence-corrected chi connectivity index (χ1v) is 4.88. The number of hydrogen-bond donors (Lipinski definition) is 0. The fraction of sp³-hybridized carbons (Fsp3) is 0.500. The van der Waals surface area contributed by atoms with Crippen LogP contribution in [0.5, 0.6) is 5.88 Å². The first kappa shape index (κ1) is 9.74. The summed E-state index contributed by atoms with van der Waals surface area (Å²) in [6.07, 6.45) is 1.67. The van der Waals surface area contributed by atoms with Crippen molar-refractivity contribution in [3.63, 3.8) is 0 Å². The van der Waals surface area contributed by atoms with Crippen molar-refractivity contribution in [2.24, 2.45) is 5.41 Å². The van der Waals surface area contributed by atoms with Gasteiger partial charge >= 0.3 is 0 Å². The Kier molecular flexibility index (Phi) is 2.61. The Morgan fingerprint density at radius 2 is 2.43 bits per heavy atom. The van der Waals surface area contributed by atoms with Crippen molar-refractivity contribution in [1.82, 2.24) is 4.98 Å². The minimum atomic E-state index is 0.126. The Balaban J connectivity index is 1.95. The summed E-state index contributed by atoms with van der Waals surface area (Å²) in [7, 11) is 0. The Labute approximate surface area is 88.0 Å². The fourth-order valence-corrected chi connectivity index (χ4v) is 1.43. The van der Waals surface area contributed by atoms with Gasteiger partial charge in [0.05, 0.1) is 19.8 Å². The maximum absolute atomic E-state index is 5.90. The third-order valence-corrected chi connectivity index (χ3v) is 2.47. The van der Waals surface area contributed by atoms with Crippen molar-refractivity contribution in [2.45, 2.75) is 6.92 Å². The zero-order valence-electron chi connectivity index (χ0n) is 8.00. The van der Waals surface area contributed by atoms with E-state index in [1.165, 1.54) is 0 Å². The van der Waals surface area contributed by atoms with E-state index in [1.54, 1.807) is 18.3 Å². The summed E-state index contributed by atoms with van der Waals surface area (Å²) in [5.41, 5.74) is 0.126. The van der Waals surface area contributed by atoms with Crippen LogP contribution < -0.4 is 4.74 Å². The minimum Gasteiger partial charge on any atom is -0.476 e. The highest BCUT2D eigenvalue weighted by molar-refractivity contribution is 6.31. The van der Waals surface area contributed by atoms with E-state index >= 15 is 0 Å². The molecule has 0 spiro atoms. The molecule has 14 heavy (non-hydrogen) atoms. The molecule has 1 aliphatic heterocycles. The van der Waals surface area contributed by atoms with Gasteiger partial charge in [-0.25, -0.2) is 4.98 Å². The van der Waals surface area contributed by atoms with Gasteiger partial charge in [0.25, 0.3) is 0 Å². The summed E-state index contributed by atoms with van der Waals surface area (Å²) in [6.45, 7) is 4.21. The molecule has 0 amide bonds. The van der Waals surface area contributed by atoms with E-state index in [0.717, 1.165) is 13.2 Å². The van der Waals surface area contributed by atoms with Gasteiger partial charge in [-0.05, 0) is 12.1 Å². The highest BCUT2D eigenvalue weighted by Crippen LogP contribution is 2.28. The molecule has 0 unspecified atom stereocenters. The number of aromatic nitrogens is 1. The van der Waals surface area contributed by atoms with Crippen LogP contribution >= 0.6 is 11.6 Å². The topological polar surface area (TPSA) is 31.4 Å². The molecule has 0 saturated carbocycles. The molecule has 1 fully saturated rings. The summed E-state index contributed by atoms with van der Waals surface area (Å²) in [6, 6.07) is 3.55. The fourth-order valence-electron chi connectivity index (χ4n) is 1.25. The van der Waals surface area contributed by atoms with Crippen LogP contribution in [0.15, 0.2) is 18.3 Å². The number of halogens is 1. The monoisotopic (exact) mass is 213 g/mol. The lowest BCUT2D eigenvalue weighted by Gasteiger charge is -2.37. The first-order valence-electron chi connectivity index (χ1n) is 4.51. The van der Waals surface area contributed by atoms with Gasteiger partial charge in [-0.1, -0.05) is 18.5 Å². The molecule has 76 valence electrons. The molecule has 1 aliphatic rings. The third-order valence-electron chi connectivity index (χ3n) is 2.18. The lowest BCUT2D eigenvalue weighted by Crippen LogP contribution is -2.44. The average Bonchev–Trinajstić information content (AvgIpc) is 2.14. The highest BCUT2D eigenvalue weighted by atomic mass is 35.5. The Morgan fingerprint density at radius 3 is 3.00 bits per heavy atom. The largest absolute Gasteiger partial charge is 0.476 e. The summed E-state index contributed by atoms with van der Waals surface area (Å²) in [5, 5.41) is 0.552. The van der Waals surface area contributed by atoms with Crippen LogP contribution in [0, 0.1) is 5.41 Å². The van der Waals surface area contributed by atoms with Crippen molar-refractivity contribution in [3.8, 4) is 5.88 Å². The second-order valence-corrected chi connectivity index (χ2v) is 4.29. The molecule has 2 rings (SSSR count). The van der Waals surface area contributed by atoms with Crippen molar-refractivity contribution in [2.75, 3.05) is 19.8 Å². The average molecular weight is 214 g/mol. The molecule has 1 saturated heterocycles. The van der Waals surface area contributed by atoms with E-state index in [4.69, 9.17) is 21.1 Å². The zero-order chi connectivity index (χ0) is 10.0. The Bertz CT molecular complexity index is 326. The zero-order valence-corrected chi connectivity index (χ0v) is 8.75. The van der Waals surface area contributed by atoms with Crippen LogP contribution in [0.4, 0.5) is 0 Å². The number of ether oxygens (including phenoxy) is 2. The van der Waals surface area contributed by atoms with Crippen LogP contribution in [0.3, 0.4) is 0 Å². The van der Waals surface area contributed by atoms with Crippen LogP contribution in [0.25, 0.3) is 0 Å². The molecule has 4 heteroatoms. The van der Waals surface area contributed by atoms with Crippen LogP contribution in [0.1, 0.15) is 6.92 Å². The standard InChI is InChI=1S/C10H12ClNO2/c1-10(5-13-6-10)7-14-9-8(11)3-2-4-12-9/h2-4H,5-7H2,1H3. The molecular formula is C10H12ClNO2. The normalized spacial score (nSPS) is 18.7. The summed E-state index contributed by atoms with van der Waals surface area (Å²) in [5.74, 6) is 0.502. The lowest BCUT2D eigenvalue weighted by atomic mass is 9.90. The molecule has 1 aromatic rings. The predicted octanol–water partition coefficient (Wildman–Crippen LogP) is 2.15. The number of nitrogens with zero attached hydrogens (tertiary/aromatic N) is 1. The molecule has 0 bridgehead atoms. The van der Waals surface area contributed by atoms with E-state index in [9.17, 15) is 0 Å². The molecular weight excluding hydrogens is 202 g/mol. The third kappa shape index (κ3) is 1.99. The van der Waals surface area contributed by atoms with E-state index in [-0.39, 0.29) is 5.41 Å². The predicted molar refractivity (Wildman–Crippen MR) is 53.7 cm³/mol. The van der Waals surface area contributed by atoms with E-state index in [1.807, 2.05) is 0 Å². The maximum Gasteiger partial charge on any atom is 0.232 e. The van der Waals surface area contributed by atoms with Crippen molar-refractivity contribution >= 4 is 11.6 Å². The molecule has 0 radical (unpaired) electrons. The van der Waals surface area contributed by atoms with E-state index in [2.05, 4.69) is 11.9 Å². The molecule has 2 heterocycles. The molecule has 0 atom stereocenters. The summed E-state index contributed by atoms with van der Waals surface area (Å²) >= 11 is 5.90. The van der Waals surface area contributed by atoms with Crippen LogP contribution in [0.2, 0.25) is 5.02 Å². The number of rotatable bonds is 3. The van der Waals surface area contributed by atoms with Gasteiger partial charge in [0.15, 0.2) is 0 Å². The van der Waals surface area contributed by atoms with Gasteiger partial charge in [-0.15, -0.1) is 0 Å². The van der Waals surface area contributed by atoms with Crippen LogP contribution in [-0.4, -0.2) is 24.8 Å². The quantitative estimate of drug-likeness (QED) is 0.771. The molecule has 0 aliphatic carbocycles. The number of pyridine rings is 1. The first-order chi connectivity index (χ1) is 6.70. The van der Waals surface area contributed by atoms with Crippen molar-refractivity contribution in [1.29, 1.82) is 0 Å². The van der Waals surface area contributed by atoms with Gasteiger partial charge < -0.3 is 9.47 Å².